The molecule has 3 aromatic rings. The molecule has 1 heterocycles. The van der Waals surface area contributed by atoms with Gasteiger partial charge in [-0.05, 0) is 47.4 Å². The molecular formula is C31H35N3O3. The van der Waals surface area contributed by atoms with E-state index in [2.05, 4.69) is 24.0 Å². The number of amides is 1. The lowest BCUT2D eigenvalue weighted by molar-refractivity contribution is -0.135. The number of benzene rings is 3. The molecule has 0 radical (unpaired) electrons. The average Bonchev–Trinajstić information content (AvgIpc) is 2.96. The van der Waals surface area contributed by atoms with Crippen molar-refractivity contribution in [3.63, 3.8) is 0 Å². The molecule has 0 N–H and O–H groups in total. The Morgan fingerprint density at radius 2 is 1.65 bits per heavy atom. The average molecular weight is 498 g/mol. The van der Waals surface area contributed by atoms with Crippen molar-refractivity contribution in [3.05, 3.63) is 101 Å². The number of hydrogen-bond donors (Lipinski definition) is 0. The van der Waals surface area contributed by atoms with Crippen molar-refractivity contribution in [2.75, 3.05) is 39.8 Å². The van der Waals surface area contributed by atoms with Gasteiger partial charge in [0.25, 0.3) is 0 Å². The molecule has 2 atom stereocenters. The summed E-state index contributed by atoms with van der Waals surface area (Å²) < 4.78 is 11.9. The number of hydrogen-bond acceptors (Lipinski definition) is 5. The van der Waals surface area contributed by atoms with Crippen LogP contribution in [0.4, 0.5) is 0 Å². The van der Waals surface area contributed by atoms with Gasteiger partial charge in [0.05, 0.1) is 37.4 Å². The van der Waals surface area contributed by atoms with Crippen LogP contribution >= 0.6 is 0 Å². The highest BCUT2D eigenvalue weighted by Gasteiger charge is 2.28. The van der Waals surface area contributed by atoms with E-state index in [-0.39, 0.29) is 17.9 Å². The van der Waals surface area contributed by atoms with E-state index < -0.39 is 0 Å². The topological polar surface area (TPSA) is 65.8 Å². The summed E-state index contributed by atoms with van der Waals surface area (Å²) in [5, 5.41) is 9.06. The van der Waals surface area contributed by atoms with E-state index in [9.17, 15) is 4.79 Å². The molecule has 3 aromatic carbocycles. The molecule has 4 rings (SSSR count). The van der Waals surface area contributed by atoms with Gasteiger partial charge >= 0.3 is 0 Å². The summed E-state index contributed by atoms with van der Waals surface area (Å²) in [4.78, 5) is 17.7. The summed E-state index contributed by atoms with van der Waals surface area (Å²) >= 11 is 0. The van der Waals surface area contributed by atoms with Crippen LogP contribution in [0, 0.1) is 11.3 Å². The predicted molar refractivity (Wildman–Crippen MR) is 144 cm³/mol. The summed E-state index contributed by atoms with van der Waals surface area (Å²) in [5.41, 5.74) is 3.81. The molecule has 1 saturated heterocycles. The number of ether oxygens (including phenoxy) is 2. The molecule has 0 aliphatic carbocycles. The fraction of sp³-hybridized carbons (Fsp3) is 0.355. The summed E-state index contributed by atoms with van der Waals surface area (Å²) in [6.45, 7) is 6.28. The molecule has 192 valence electrons. The third-order valence-electron chi connectivity index (χ3n) is 7.02. The van der Waals surface area contributed by atoms with Crippen molar-refractivity contribution in [3.8, 4) is 11.8 Å². The Labute approximate surface area is 220 Å². The van der Waals surface area contributed by atoms with Gasteiger partial charge in [0, 0.05) is 32.7 Å². The van der Waals surface area contributed by atoms with Crippen molar-refractivity contribution < 1.29 is 14.3 Å². The largest absolute Gasteiger partial charge is 0.497 e. The van der Waals surface area contributed by atoms with Crippen molar-refractivity contribution in [1.82, 2.24) is 9.80 Å². The van der Waals surface area contributed by atoms with Crippen LogP contribution in [-0.2, 0) is 16.1 Å². The predicted octanol–water partition coefficient (Wildman–Crippen LogP) is 5.16. The van der Waals surface area contributed by atoms with E-state index >= 15 is 0 Å². The smallest absolute Gasteiger partial charge is 0.230 e. The van der Waals surface area contributed by atoms with Crippen LogP contribution < -0.4 is 4.74 Å². The Morgan fingerprint density at radius 1 is 0.946 bits per heavy atom. The number of piperazine rings is 1. The molecule has 1 aliphatic heterocycles. The first-order valence-electron chi connectivity index (χ1n) is 12.9. The molecule has 6 nitrogen and oxygen atoms in total. The molecule has 37 heavy (non-hydrogen) atoms. The Balaban J connectivity index is 1.40. The maximum atomic E-state index is 13.3. The standard InChI is InChI=1S/C31H35N3O3/c1-3-29(26-8-5-4-6-9-26)31(35)34-18-16-33(17-19-34)22-30(27-10-7-11-28(20-27)36-2)37-23-25-14-12-24(21-32)13-15-25/h4-15,20,29-30H,3,16-19,22-23H2,1-2H3. The van der Waals surface area contributed by atoms with Crippen LogP contribution in [0.5, 0.6) is 5.75 Å². The Morgan fingerprint density at radius 3 is 2.30 bits per heavy atom. The Bertz CT molecular complexity index is 1180. The minimum atomic E-state index is -0.152. The van der Waals surface area contributed by atoms with Crippen LogP contribution in [0.3, 0.4) is 0 Å². The maximum Gasteiger partial charge on any atom is 0.230 e. The van der Waals surface area contributed by atoms with Gasteiger partial charge < -0.3 is 14.4 Å². The second kappa shape index (κ2) is 13.0. The molecule has 6 heteroatoms. The first kappa shape index (κ1) is 26.4. The van der Waals surface area contributed by atoms with Crippen molar-refractivity contribution in [1.29, 1.82) is 5.26 Å². The first-order valence-corrected chi connectivity index (χ1v) is 12.9. The molecule has 0 spiro atoms. The van der Waals surface area contributed by atoms with Gasteiger partial charge in [0.1, 0.15) is 5.75 Å². The number of nitriles is 1. The number of carbonyl (C=O) groups excluding carboxylic acids is 1. The Kier molecular flexibility index (Phi) is 9.31. The van der Waals surface area contributed by atoms with Gasteiger partial charge in [-0.2, -0.15) is 5.26 Å². The molecular weight excluding hydrogens is 462 g/mol. The number of rotatable bonds is 10. The lowest BCUT2D eigenvalue weighted by Gasteiger charge is -2.38. The van der Waals surface area contributed by atoms with Gasteiger partial charge in [0.15, 0.2) is 0 Å². The monoisotopic (exact) mass is 497 g/mol. The van der Waals surface area contributed by atoms with Crippen LogP contribution in [-0.4, -0.2) is 55.5 Å². The van der Waals surface area contributed by atoms with E-state index in [0.717, 1.165) is 48.5 Å². The van der Waals surface area contributed by atoms with Gasteiger partial charge in [-0.15, -0.1) is 0 Å². The van der Waals surface area contributed by atoms with Gasteiger partial charge in [0.2, 0.25) is 5.91 Å². The summed E-state index contributed by atoms with van der Waals surface area (Å²) in [5.74, 6) is 0.925. The lowest BCUT2D eigenvalue weighted by atomic mass is 9.95. The van der Waals surface area contributed by atoms with E-state index in [1.165, 1.54) is 0 Å². The highest BCUT2D eigenvalue weighted by Crippen LogP contribution is 2.26. The fourth-order valence-corrected chi connectivity index (χ4v) is 4.81. The molecule has 0 bridgehead atoms. The van der Waals surface area contributed by atoms with E-state index in [1.807, 2.05) is 77.7 Å². The maximum absolute atomic E-state index is 13.3. The van der Waals surface area contributed by atoms with E-state index in [4.69, 9.17) is 14.7 Å². The molecule has 1 fully saturated rings. The fourth-order valence-electron chi connectivity index (χ4n) is 4.81. The summed E-state index contributed by atoms with van der Waals surface area (Å²) in [7, 11) is 1.67. The summed E-state index contributed by atoms with van der Waals surface area (Å²) in [6, 6.07) is 27.7. The van der Waals surface area contributed by atoms with Gasteiger partial charge in [-0.25, -0.2) is 0 Å². The molecule has 1 amide bonds. The lowest BCUT2D eigenvalue weighted by Crippen LogP contribution is -2.50. The third kappa shape index (κ3) is 6.97. The first-order chi connectivity index (χ1) is 18.1. The highest BCUT2D eigenvalue weighted by molar-refractivity contribution is 5.83. The van der Waals surface area contributed by atoms with E-state index in [0.29, 0.717) is 25.3 Å². The zero-order valence-electron chi connectivity index (χ0n) is 21.7. The second-order valence-electron chi connectivity index (χ2n) is 9.38. The minimum Gasteiger partial charge on any atom is -0.497 e. The number of carbonyl (C=O) groups is 1. The number of methoxy groups -OCH3 is 1. The normalized spacial score (nSPS) is 15.5. The molecule has 1 aliphatic rings. The van der Waals surface area contributed by atoms with Crippen LogP contribution in [0.15, 0.2) is 78.9 Å². The summed E-state index contributed by atoms with van der Waals surface area (Å²) in [6.07, 6.45) is 0.644. The quantitative estimate of drug-likeness (QED) is 0.387. The minimum absolute atomic E-state index is 0.0898. The second-order valence-corrected chi connectivity index (χ2v) is 9.38. The molecule has 2 unspecified atom stereocenters. The third-order valence-corrected chi connectivity index (χ3v) is 7.02. The zero-order chi connectivity index (χ0) is 26.0. The zero-order valence-corrected chi connectivity index (χ0v) is 21.7. The van der Waals surface area contributed by atoms with Gasteiger partial charge in [-0.1, -0.05) is 61.5 Å². The SMILES string of the molecule is CCC(C(=O)N1CCN(CC(OCc2ccc(C#N)cc2)c2cccc(OC)c2)CC1)c1ccccc1. The van der Waals surface area contributed by atoms with Crippen LogP contribution in [0.1, 0.15) is 47.6 Å². The van der Waals surface area contributed by atoms with Crippen LogP contribution in [0.2, 0.25) is 0 Å². The van der Waals surface area contributed by atoms with Crippen LogP contribution in [0.25, 0.3) is 0 Å². The molecule has 0 saturated carbocycles. The van der Waals surface area contributed by atoms with Crippen molar-refractivity contribution in [2.45, 2.75) is 32.0 Å². The molecule has 0 aromatic heterocycles. The van der Waals surface area contributed by atoms with Gasteiger partial charge in [-0.3, -0.25) is 9.69 Å². The highest BCUT2D eigenvalue weighted by atomic mass is 16.5. The van der Waals surface area contributed by atoms with Crippen molar-refractivity contribution in [2.24, 2.45) is 0 Å². The number of nitrogens with zero attached hydrogens (tertiary/aromatic N) is 3. The Hall–Kier alpha value is -3.66. The van der Waals surface area contributed by atoms with Crippen molar-refractivity contribution >= 4 is 5.91 Å². The van der Waals surface area contributed by atoms with E-state index in [1.54, 1.807) is 7.11 Å².